The highest BCUT2D eigenvalue weighted by Crippen LogP contribution is 2.53. The van der Waals surface area contributed by atoms with Gasteiger partial charge in [0.15, 0.2) is 0 Å². The summed E-state index contributed by atoms with van der Waals surface area (Å²) in [6.45, 7) is 12.1. The summed E-state index contributed by atoms with van der Waals surface area (Å²) in [4.78, 5) is 0. The largest absolute Gasteiger partial charge is 0.369 e. The maximum atomic E-state index is 13.3. The first-order chi connectivity index (χ1) is 7.04. The predicted octanol–water partition coefficient (Wildman–Crippen LogP) is 5.04. The molecule has 0 amide bonds. The lowest BCUT2D eigenvalue weighted by atomic mass is 9.84. The van der Waals surface area contributed by atoms with Gasteiger partial charge in [-0.05, 0) is 24.2 Å². The van der Waals surface area contributed by atoms with Gasteiger partial charge in [0, 0.05) is 0 Å². The van der Waals surface area contributed by atoms with Crippen molar-refractivity contribution in [1.82, 2.24) is 0 Å². The Hall–Kier alpha value is 0.120. The zero-order chi connectivity index (χ0) is 13.0. The summed E-state index contributed by atoms with van der Waals surface area (Å²) < 4.78 is 29.5. The van der Waals surface area contributed by atoms with Crippen LogP contribution in [0.3, 0.4) is 0 Å². The van der Waals surface area contributed by atoms with Crippen molar-refractivity contribution in [3.8, 4) is 0 Å². The molecule has 0 bridgehead atoms. The van der Waals surface area contributed by atoms with Gasteiger partial charge in [-0.15, -0.1) is 0 Å². The second-order valence-corrected chi connectivity index (χ2v) is 8.44. The van der Waals surface area contributed by atoms with Gasteiger partial charge in [-0.1, -0.05) is 41.5 Å². The van der Waals surface area contributed by atoms with E-state index in [0.717, 1.165) is 12.8 Å². The number of rotatable bonds is 6. The Labute approximate surface area is 99.5 Å². The van der Waals surface area contributed by atoms with E-state index in [9.17, 15) is 8.76 Å². The molecule has 0 N–H and O–H groups in total. The average molecular weight is 252 g/mol. The quantitative estimate of drug-likeness (QED) is 0.619. The van der Waals surface area contributed by atoms with Crippen LogP contribution < -0.4 is 0 Å². The van der Waals surface area contributed by atoms with Gasteiger partial charge in [0.2, 0.25) is 0 Å². The Balaban J connectivity index is 3.87. The van der Waals surface area contributed by atoms with Gasteiger partial charge in [-0.2, -0.15) is 4.20 Å². The third kappa shape index (κ3) is 7.40. The molecule has 4 heteroatoms. The van der Waals surface area contributed by atoms with Crippen LogP contribution in [0.5, 0.6) is 0 Å². The molecule has 0 aliphatic heterocycles. The fraction of sp³-hybridized carbons (Fsp3) is 1.00. The minimum atomic E-state index is -3.87. The second kappa shape index (κ2) is 6.16. The molecule has 0 aromatic carbocycles. The molecule has 2 unspecified atom stereocenters. The second-order valence-electron chi connectivity index (χ2n) is 6.11. The van der Waals surface area contributed by atoms with Crippen molar-refractivity contribution < 1.29 is 13.3 Å². The highest BCUT2D eigenvalue weighted by molar-refractivity contribution is 7.54. The molecule has 98 valence electrons. The Bertz CT molecular complexity index is 246. The summed E-state index contributed by atoms with van der Waals surface area (Å²) >= 11 is 0. The van der Waals surface area contributed by atoms with Gasteiger partial charge in [-0.25, -0.2) is 0 Å². The van der Waals surface area contributed by atoms with E-state index in [1.54, 1.807) is 13.8 Å². The zero-order valence-electron chi connectivity index (χ0n) is 11.4. The van der Waals surface area contributed by atoms with Crippen molar-refractivity contribution in [1.29, 1.82) is 0 Å². The number of hydrogen-bond acceptors (Lipinski definition) is 2. The smallest absolute Gasteiger partial charge is 0.305 e. The first kappa shape index (κ1) is 16.1. The maximum Gasteiger partial charge on any atom is 0.369 e. The lowest BCUT2D eigenvalue weighted by molar-refractivity contribution is 0.228. The van der Waals surface area contributed by atoms with Gasteiger partial charge >= 0.3 is 7.68 Å². The molecule has 0 heterocycles. The molecule has 16 heavy (non-hydrogen) atoms. The van der Waals surface area contributed by atoms with Crippen LogP contribution in [0, 0.1) is 11.3 Å². The van der Waals surface area contributed by atoms with Gasteiger partial charge in [0.1, 0.15) is 0 Å². The van der Waals surface area contributed by atoms with Crippen LogP contribution in [-0.2, 0) is 9.09 Å². The fourth-order valence-electron chi connectivity index (χ4n) is 1.67. The van der Waals surface area contributed by atoms with E-state index in [2.05, 4.69) is 27.7 Å². The fourth-order valence-corrected chi connectivity index (χ4v) is 2.33. The molecule has 0 radical (unpaired) electrons. The molecule has 0 aliphatic carbocycles. The van der Waals surface area contributed by atoms with Gasteiger partial charge in [0.25, 0.3) is 0 Å². The lowest BCUT2D eigenvalue weighted by Crippen LogP contribution is -2.12. The van der Waals surface area contributed by atoms with Crippen molar-refractivity contribution >= 4 is 7.68 Å². The third-order valence-electron chi connectivity index (χ3n) is 2.46. The van der Waals surface area contributed by atoms with Crippen LogP contribution in [-0.4, -0.2) is 12.3 Å². The van der Waals surface area contributed by atoms with E-state index < -0.39 is 13.3 Å². The standard InChI is InChI=1S/C12H26FO2P/c1-10(2)16(13,14)15-8-7-11(3)9-12(4,5)6/h10-11H,7-9H2,1-6H3. The van der Waals surface area contributed by atoms with Crippen molar-refractivity contribution in [2.45, 2.75) is 60.0 Å². The Morgan fingerprint density at radius 1 is 1.25 bits per heavy atom. The highest BCUT2D eigenvalue weighted by Gasteiger charge is 2.27. The van der Waals surface area contributed by atoms with E-state index in [0.29, 0.717) is 5.92 Å². The van der Waals surface area contributed by atoms with Crippen LogP contribution in [0.1, 0.15) is 54.4 Å². The van der Waals surface area contributed by atoms with Gasteiger partial charge in [0.05, 0.1) is 12.3 Å². The minimum absolute atomic E-state index is 0.253. The average Bonchev–Trinajstić information content (AvgIpc) is 1.99. The molecule has 0 aromatic heterocycles. The van der Waals surface area contributed by atoms with Crippen molar-refractivity contribution in [3.63, 3.8) is 0 Å². The molecule has 2 nitrogen and oxygen atoms in total. The molecule has 0 saturated heterocycles. The summed E-state index contributed by atoms with van der Waals surface area (Å²) in [5.41, 5.74) is -0.262. The van der Waals surface area contributed by atoms with Crippen molar-refractivity contribution in [2.75, 3.05) is 6.61 Å². The van der Waals surface area contributed by atoms with Crippen molar-refractivity contribution in [2.24, 2.45) is 11.3 Å². The van der Waals surface area contributed by atoms with Gasteiger partial charge < -0.3 is 4.52 Å². The predicted molar refractivity (Wildman–Crippen MR) is 67.7 cm³/mol. The molecule has 0 fully saturated rings. The third-order valence-corrected chi connectivity index (χ3v) is 4.22. The van der Waals surface area contributed by atoms with E-state index in [1.807, 2.05) is 0 Å². The SMILES string of the molecule is CC(CCOP(=O)(F)C(C)C)CC(C)(C)C. The topological polar surface area (TPSA) is 26.3 Å². The minimum Gasteiger partial charge on any atom is -0.305 e. The lowest BCUT2D eigenvalue weighted by Gasteiger charge is -2.23. The number of hydrogen-bond donors (Lipinski definition) is 0. The molecule has 0 spiro atoms. The Kier molecular flexibility index (Phi) is 6.21. The summed E-state index contributed by atoms with van der Waals surface area (Å²) in [6, 6.07) is 0. The normalized spacial score (nSPS) is 18.5. The van der Waals surface area contributed by atoms with E-state index in [1.165, 1.54) is 0 Å². The van der Waals surface area contributed by atoms with Crippen LogP contribution in [0.25, 0.3) is 0 Å². The van der Waals surface area contributed by atoms with E-state index in [-0.39, 0.29) is 12.0 Å². The monoisotopic (exact) mass is 252 g/mol. The highest BCUT2D eigenvalue weighted by atomic mass is 31.2. The summed E-state index contributed by atoms with van der Waals surface area (Å²) in [5, 5.41) is 0. The summed E-state index contributed by atoms with van der Waals surface area (Å²) in [5.74, 6) is 0.465. The Morgan fingerprint density at radius 3 is 2.12 bits per heavy atom. The molecular weight excluding hydrogens is 226 g/mol. The van der Waals surface area contributed by atoms with E-state index >= 15 is 0 Å². The van der Waals surface area contributed by atoms with Gasteiger partial charge in [-0.3, -0.25) is 4.57 Å². The van der Waals surface area contributed by atoms with Crippen LogP contribution in [0.15, 0.2) is 0 Å². The molecule has 0 rings (SSSR count). The molecule has 0 aliphatic rings. The van der Waals surface area contributed by atoms with Crippen LogP contribution >= 0.6 is 7.68 Å². The molecule has 0 saturated carbocycles. The summed E-state index contributed by atoms with van der Waals surface area (Å²) in [7, 11) is -3.87. The van der Waals surface area contributed by atoms with Crippen molar-refractivity contribution in [3.05, 3.63) is 0 Å². The molecule has 0 aromatic rings. The van der Waals surface area contributed by atoms with Crippen LogP contribution in [0.4, 0.5) is 4.20 Å². The first-order valence-electron chi connectivity index (χ1n) is 5.98. The Morgan fingerprint density at radius 2 is 1.75 bits per heavy atom. The summed E-state index contributed by atoms with van der Waals surface area (Å²) in [6.07, 6.45) is 1.83. The van der Waals surface area contributed by atoms with Crippen LogP contribution in [0.2, 0.25) is 0 Å². The first-order valence-corrected chi connectivity index (χ1v) is 7.57. The zero-order valence-corrected chi connectivity index (χ0v) is 12.3. The molecule has 2 atom stereocenters. The molecular formula is C12H26FO2P. The number of halogens is 1. The van der Waals surface area contributed by atoms with E-state index in [4.69, 9.17) is 4.52 Å². The maximum absolute atomic E-state index is 13.3.